The van der Waals surface area contributed by atoms with E-state index in [0.29, 0.717) is 5.56 Å². The molecule has 3 aliphatic rings. The molecule has 0 N–H and O–H groups in total. The van der Waals surface area contributed by atoms with Crippen molar-refractivity contribution < 1.29 is 32.5 Å². The van der Waals surface area contributed by atoms with Gasteiger partial charge >= 0.3 is 5.97 Å². The minimum absolute atomic E-state index is 0.214. The van der Waals surface area contributed by atoms with E-state index in [1.807, 2.05) is 0 Å². The highest BCUT2D eigenvalue weighted by molar-refractivity contribution is 5.91. The molecule has 130 valence electrons. The number of fused-ring (bicyclic) bond motifs is 2. The van der Waals surface area contributed by atoms with Crippen LogP contribution in [0.2, 0.25) is 0 Å². The summed E-state index contributed by atoms with van der Waals surface area (Å²) in [6, 6.07) is 6.48. The van der Waals surface area contributed by atoms with E-state index < -0.39 is 41.6 Å². The molecule has 0 bridgehead atoms. The van der Waals surface area contributed by atoms with Crippen LogP contribution < -0.4 is 0 Å². The Morgan fingerprint density at radius 2 is 1.92 bits per heavy atom. The lowest BCUT2D eigenvalue weighted by atomic mass is 9.87. The van der Waals surface area contributed by atoms with Crippen LogP contribution in [0.5, 0.6) is 0 Å². The Morgan fingerprint density at radius 1 is 1.25 bits per heavy atom. The fourth-order valence-corrected chi connectivity index (χ4v) is 3.87. The predicted octanol–water partition coefficient (Wildman–Crippen LogP) is 3.05. The molecule has 24 heavy (non-hydrogen) atoms. The predicted molar refractivity (Wildman–Crippen MR) is 77.4 cm³/mol. The Hall–Kier alpha value is -1.57. The first kappa shape index (κ1) is 15.9. The van der Waals surface area contributed by atoms with Crippen molar-refractivity contribution in [2.75, 3.05) is 7.11 Å². The van der Waals surface area contributed by atoms with Crippen LogP contribution in [-0.2, 0) is 18.9 Å². The summed E-state index contributed by atoms with van der Waals surface area (Å²) in [5.74, 6) is -4.51. The van der Waals surface area contributed by atoms with Crippen molar-refractivity contribution in [3.8, 4) is 0 Å². The van der Waals surface area contributed by atoms with Crippen molar-refractivity contribution in [1.82, 2.24) is 0 Å². The molecular formula is C17H18F2O5. The molecule has 3 fully saturated rings. The van der Waals surface area contributed by atoms with Gasteiger partial charge in [0.25, 0.3) is 5.92 Å². The third kappa shape index (κ3) is 1.98. The zero-order valence-electron chi connectivity index (χ0n) is 13.5. The van der Waals surface area contributed by atoms with Crippen LogP contribution in [0, 0.1) is 5.41 Å². The molecule has 2 aliphatic heterocycles. The van der Waals surface area contributed by atoms with Gasteiger partial charge in [-0.3, -0.25) is 0 Å². The normalized spacial score (nSPS) is 38.1. The molecule has 7 heteroatoms. The number of ether oxygens (including phenoxy) is 4. The first-order chi connectivity index (χ1) is 11.2. The van der Waals surface area contributed by atoms with Gasteiger partial charge in [0.1, 0.15) is 17.6 Å². The van der Waals surface area contributed by atoms with Gasteiger partial charge in [0.2, 0.25) is 0 Å². The molecule has 1 spiro atoms. The maximum atomic E-state index is 14.4. The lowest BCUT2D eigenvalue weighted by Crippen LogP contribution is -2.33. The molecule has 2 heterocycles. The highest BCUT2D eigenvalue weighted by Crippen LogP contribution is 2.75. The SMILES string of the molecule is COC(=O)c1ccccc1[C@@H]1O[C@@H]2OC(C)(C)O[C@@H]2[C@]12CC2(F)F. The van der Waals surface area contributed by atoms with Crippen molar-refractivity contribution in [2.24, 2.45) is 5.41 Å². The summed E-state index contributed by atoms with van der Waals surface area (Å²) in [7, 11) is 1.25. The maximum absolute atomic E-state index is 14.4. The third-order valence-corrected chi connectivity index (χ3v) is 5.02. The van der Waals surface area contributed by atoms with Gasteiger partial charge in [0.05, 0.1) is 12.7 Å². The molecule has 0 radical (unpaired) electrons. The first-order valence-electron chi connectivity index (χ1n) is 7.78. The molecule has 0 unspecified atom stereocenters. The number of hydrogen-bond acceptors (Lipinski definition) is 5. The molecule has 2 saturated heterocycles. The van der Waals surface area contributed by atoms with Gasteiger partial charge < -0.3 is 18.9 Å². The molecule has 1 aromatic carbocycles. The molecule has 1 aliphatic carbocycles. The minimum Gasteiger partial charge on any atom is -0.465 e. The van der Waals surface area contributed by atoms with Crippen LogP contribution in [0.3, 0.4) is 0 Å². The molecule has 1 saturated carbocycles. The van der Waals surface area contributed by atoms with Gasteiger partial charge in [0.15, 0.2) is 12.1 Å². The number of methoxy groups -OCH3 is 1. The number of carbonyl (C=O) groups is 1. The average Bonchev–Trinajstić information content (AvgIpc) is 2.79. The van der Waals surface area contributed by atoms with E-state index in [0.717, 1.165) is 0 Å². The summed E-state index contributed by atoms with van der Waals surface area (Å²) in [5.41, 5.74) is -0.928. The van der Waals surface area contributed by atoms with Gasteiger partial charge in [-0.15, -0.1) is 0 Å². The molecular weight excluding hydrogens is 322 g/mol. The Kier molecular flexibility index (Phi) is 3.15. The Balaban J connectivity index is 1.77. The highest BCUT2D eigenvalue weighted by Gasteiger charge is 2.85. The highest BCUT2D eigenvalue weighted by atomic mass is 19.3. The summed E-state index contributed by atoms with van der Waals surface area (Å²) >= 11 is 0. The van der Waals surface area contributed by atoms with Gasteiger partial charge in [-0.2, -0.15) is 0 Å². The second kappa shape index (κ2) is 4.74. The molecule has 5 nitrogen and oxygen atoms in total. The summed E-state index contributed by atoms with van der Waals surface area (Å²) in [6.07, 6.45) is -3.11. The Morgan fingerprint density at radius 3 is 2.54 bits per heavy atom. The maximum Gasteiger partial charge on any atom is 0.338 e. The van der Waals surface area contributed by atoms with E-state index in [2.05, 4.69) is 0 Å². The number of rotatable bonds is 2. The van der Waals surface area contributed by atoms with E-state index in [-0.39, 0.29) is 12.0 Å². The van der Waals surface area contributed by atoms with Crippen molar-refractivity contribution in [2.45, 2.75) is 50.5 Å². The van der Waals surface area contributed by atoms with Crippen molar-refractivity contribution in [1.29, 1.82) is 0 Å². The van der Waals surface area contributed by atoms with Crippen LogP contribution in [0.15, 0.2) is 24.3 Å². The second-order valence-corrected chi connectivity index (χ2v) is 6.94. The van der Waals surface area contributed by atoms with E-state index in [9.17, 15) is 13.6 Å². The number of benzene rings is 1. The van der Waals surface area contributed by atoms with Crippen molar-refractivity contribution in [3.63, 3.8) is 0 Å². The van der Waals surface area contributed by atoms with Crippen molar-refractivity contribution >= 4 is 5.97 Å². The Bertz CT molecular complexity index is 704. The van der Waals surface area contributed by atoms with E-state index in [1.54, 1.807) is 38.1 Å². The molecule has 0 aromatic heterocycles. The number of alkyl halides is 2. The minimum atomic E-state index is -2.94. The molecule has 4 rings (SSSR count). The fourth-order valence-electron chi connectivity index (χ4n) is 3.87. The second-order valence-electron chi connectivity index (χ2n) is 6.94. The summed E-state index contributed by atoms with van der Waals surface area (Å²) in [4.78, 5) is 12.0. The van der Waals surface area contributed by atoms with Crippen LogP contribution in [0.25, 0.3) is 0 Å². The van der Waals surface area contributed by atoms with Gasteiger partial charge in [-0.25, -0.2) is 13.6 Å². The van der Waals surface area contributed by atoms with Gasteiger partial charge in [-0.1, -0.05) is 18.2 Å². The number of halogens is 2. The topological polar surface area (TPSA) is 54.0 Å². The lowest BCUT2D eigenvalue weighted by Gasteiger charge is -2.27. The fraction of sp³-hybridized carbons (Fsp3) is 0.588. The lowest BCUT2D eigenvalue weighted by molar-refractivity contribution is -0.217. The van der Waals surface area contributed by atoms with E-state index >= 15 is 0 Å². The van der Waals surface area contributed by atoms with Crippen LogP contribution >= 0.6 is 0 Å². The van der Waals surface area contributed by atoms with Crippen LogP contribution in [-0.4, -0.2) is 37.2 Å². The molecule has 4 atom stereocenters. The van der Waals surface area contributed by atoms with Crippen LogP contribution in [0.4, 0.5) is 8.78 Å². The number of esters is 1. The largest absolute Gasteiger partial charge is 0.465 e. The number of hydrogen-bond donors (Lipinski definition) is 0. The van der Waals surface area contributed by atoms with E-state index in [4.69, 9.17) is 18.9 Å². The molecule has 1 aromatic rings. The average molecular weight is 340 g/mol. The van der Waals surface area contributed by atoms with Crippen molar-refractivity contribution in [3.05, 3.63) is 35.4 Å². The Labute approximate surface area is 137 Å². The molecule has 0 amide bonds. The third-order valence-electron chi connectivity index (χ3n) is 5.02. The van der Waals surface area contributed by atoms with Gasteiger partial charge in [0, 0.05) is 6.42 Å². The summed E-state index contributed by atoms with van der Waals surface area (Å²) in [5, 5.41) is 0. The smallest absolute Gasteiger partial charge is 0.338 e. The van der Waals surface area contributed by atoms with E-state index in [1.165, 1.54) is 7.11 Å². The van der Waals surface area contributed by atoms with Gasteiger partial charge in [-0.05, 0) is 25.5 Å². The standard InChI is InChI=1S/C17H18F2O5/c1-15(2)23-12-14(24-15)22-11(16(12)8-17(16,18)19)9-6-4-5-7-10(9)13(20)21-3/h4-7,11-12,14H,8H2,1-3H3/t11-,12-,14+,16-/m0/s1. The summed E-state index contributed by atoms with van der Waals surface area (Å²) in [6.45, 7) is 3.33. The monoisotopic (exact) mass is 340 g/mol. The number of carbonyl (C=O) groups excluding carboxylic acids is 1. The zero-order chi connectivity index (χ0) is 17.3. The first-order valence-corrected chi connectivity index (χ1v) is 7.78. The zero-order valence-corrected chi connectivity index (χ0v) is 13.5. The van der Waals surface area contributed by atoms with Crippen LogP contribution in [0.1, 0.15) is 42.3 Å². The quantitative estimate of drug-likeness (QED) is 0.775. The summed E-state index contributed by atoms with van der Waals surface area (Å²) < 4.78 is 50.7.